The number of hydrogen-bond donors (Lipinski definition) is 1. The van der Waals surface area contributed by atoms with Crippen molar-refractivity contribution in [3.8, 4) is 0 Å². The number of nitrogens with zero attached hydrogens (tertiary/aromatic N) is 2. The van der Waals surface area contributed by atoms with E-state index in [0.717, 1.165) is 25.2 Å². The first-order valence-corrected chi connectivity index (χ1v) is 8.71. The third-order valence-electron chi connectivity index (χ3n) is 5.09. The highest BCUT2D eigenvalue weighted by Gasteiger charge is 2.53. The second kappa shape index (κ2) is 7.37. The van der Waals surface area contributed by atoms with Crippen LogP contribution in [-0.4, -0.2) is 64.8 Å². The van der Waals surface area contributed by atoms with Crippen LogP contribution < -0.4 is 0 Å². The number of aliphatic carboxylic acids is 1. The van der Waals surface area contributed by atoms with Crippen LogP contribution in [0.3, 0.4) is 0 Å². The van der Waals surface area contributed by atoms with Gasteiger partial charge in [-0.2, -0.15) is 0 Å². The monoisotopic (exact) mass is 344 g/mol. The van der Waals surface area contributed by atoms with Crippen LogP contribution in [0.25, 0.3) is 6.08 Å². The van der Waals surface area contributed by atoms with Crippen molar-refractivity contribution in [1.29, 1.82) is 0 Å². The molecule has 0 bridgehead atoms. The van der Waals surface area contributed by atoms with Crippen molar-refractivity contribution in [3.63, 3.8) is 0 Å². The van der Waals surface area contributed by atoms with Crippen molar-refractivity contribution in [1.82, 2.24) is 9.80 Å². The maximum atomic E-state index is 12.8. The van der Waals surface area contributed by atoms with Gasteiger partial charge in [-0.3, -0.25) is 9.69 Å². The Bertz CT molecular complexity index is 651. The Morgan fingerprint density at radius 2 is 1.96 bits per heavy atom. The zero-order chi connectivity index (χ0) is 17.9. The number of hydrogen-bond acceptors (Lipinski definition) is 4. The van der Waals surface area contributed by atoms with Crippen molar-refractivity contribution in [2.24, 2.45) is 0 Å². The molecule has 0 aliphatic carbocycles. The zero-order valence-electron chi connectivity index (χ0n) is 14.4. The van der Waals surface area contributed by atoms with Crippen LogP contribution in [0.15, 0.2) is 36.4 Å². The summed E-state index contributed by atoms with van der Waals surface area (Å²) in [5.41, 5.74) is 0.102. The number of rotatable bonds is 4. The number of benzene rings is 1. The van der Waals surface area contributed by atoms with Crippen molar-refractivity contribution < 1.29 is 19.4 Å². The van der Waals surface area contributed by atoms with E-state index in [1.807, 2.05) is 30.3 Å². The largest absolute Gasteiger partial charge is 0.480 e. The molecule has 6 nitrogen and oxygen atoms in total. The third-order valence-corrected chi connectivity index (χ3v) is 5.09. The van der Waals surface area contributed by atoms with Crippen LogP contribution in [0, 0.1) is 0 Å². The quantitative estimate of drug-likeness (QED) is 0.844. The molecule has 2 fully saturated rings. The van der Waals surface area contributed by atoms with Gasteiger partial charge in [0, 0.05) is 32.0 Å². The van der Waals surface area contributed by atoms with Crippen LogP contribution in [0.5, 0.6) is 0 Å². The molecule has 0 saturated carbocycles. The van der Waals surface area contributed by atoms with Gasteiger partial charge in [0.05, 0.1) is 6.61 Å². The fourth-order valence-electron chi connectivity index (χ4n) is 3.61. The summed E-state index contributed by atoms with van der Waals surface area (Å²) in [5, 5.41) is 9.52. The summed E-state index contributed by atoms with van der Waals surface area (Å²) in [6, 6.07) is 8.56. The lowest BCUT2D eigenvalue weighted by molar-refractivity contribution is -0.161. The minimum absolute atomic E-state index is 0.0480. The molecule has 2 aliphatic heterocycles. The lowest BCUT2D eigenvalue weighted by atomic mass is 9.97. The molecule has 25 heavy (non-hydrogen) atoms. The Morgan fingerprint density at radius 3 is 2.56 bits per heavy atom. The Hall–Kier alpha value is -2.18. The first-order valence-electron chi connectivity index (χ1n) is 8.71. The average Bonchev–Trinajstić information content (AvgIpc) is 3.00. The topological polar surface area (TPSA) is 70.1 Å². The molecule has 3 rings (SSSR count). The molecular weight excluding hydrogens is 320 g/mol. The van der Waals surface area contributed by atoms with Crippen molar-refractivity contribution >= 4 is 18.0 Å². The van der Waals surface area contributed by atoms with E-state index in [4.69, 9.17) is 4.74 Å². The van der Waals surface area contributed by atoms with Crippen LogP contribution in [0.1, 0.15) is 25.3 Å². The lowest BCUT2D eigenvalue weighted by Gasteiger charge is -2.43. The van der Waals surface area contributed by atoms with Gasteiger partial charge in [0.2, 0.25) is 5.91 Å². The predicted molar refractivity (Wildman–Crippen MR) is 93.8 cm³/mol. The van der Waals surface area contributed by atoms with E-state index in [9.17, 15) is 14.7 Å². The molecule has 2 saturated heterocycles. The van der Waals surface area contributed by atoms with Gasteiger partial charge in [-0.1, -0.05) is 37.3 Å². The van der Waals surface area contributed by atoms with Gasteiger partial charge >= 0.3 is 5.97 Å². The van der Waals surface area contributed by atoms with Gasteiger partial charge in [0.1, 0.15) is 5.72 Å². The molecule has 1 atom stereocenters. The summed E-state index contributed by atoms with van der Waals surface area (Å²) in [6.07, 6.45) is 4.44. The van der Waals surface area contributed by atoms with E-state index < -0.39 is 17.7 Å². The molecule has 1 N–H and O–H groups in total. The van der Waals surface area contributed by atoms with Gasteiger partial charge in [0.15, 0.2) is 6.04 Å². The number of carboxylic acids is 1. The number of carbonyl (C=O) groups is 2. The number of ether oxygens (including phenoxy) is 1. The Labute approximate surface area is 147 Å². The highest BCUT2D eigenvalue weighted by molar-refractivity contribution is 5.95. The van der Waals surface area contributed by atoms with E-state index in [1.54, 1.807) is 6.08 Å². The van der Waals surface area contributed by atoms with Crippen LogP contribution in [0.2, 0.25) is 0 Å². The fourth-order valence-corrected chi connectivity index (χ4v) is 3.61. The third kappa shape index (κ3) is 3.60. The fraction of sp³-hybridized carbons (Fsp3) is 0.474. The molecule has 1 aromatic carbocycles. The zero-order valence-corrected chi connectivity index (χ0v) is 14.4. The summed E-state index contributed by atoms with van der Waals surface area (Å²) in [4.78, 5) is 28.2. The number of carboxylic acid groups (broad SMARTS) is 1. The second-order valence-corrected chi connectivity index (χ2v) is 6.50. The van der Waals surface area contributed by atoms with Crippen LogP contribution >= 0.6 is 0 Å². The predicted octanol–water partition coefficient (Wildman–Crippen LogP) is 1.82. The van der Waals surface area contributed by atoms with E-state index in [-0.39, 0.29) is 12.5 Å². The molecule has 1 unspecified atom stereocenters. The molecule has 6 heteroatoms. The first-order chi connectivity index (χ1) is 12.1. The number of amides is 1. The molecule has 2 aliphatic rings. The Balaban J connectivity index is 1.81. The second-order valence-electron chi connectivity index (χ2n) is 6.50. The van der Waals surface area contributed by atoms with E-state index in [2.05, 4.69) is 11.8 Å². The highest BCUT2D eigenvalue weighted by Crippen LogP contribution is 2.37. The summed E-state index contributed by atoms with van der Waals surface area (Å²) in [6.45, 7) is 4.69. The van der Waals surface area contributed by atoms with E-state index >= 15 is 0 Å². The normalized spacial score (nSPS) is 23.4. The SMILES string of the molecule is CCN1CCC2(CC1)OCC(C(=O)O)N2C(=O)/C=C\c1ccccc1. The molecular formula is C19H24N2O4. The van der Waals surface area contributed by atoms with Gasteiger partial charge in [-0.05, 0) is 18.2 Å². The van der Waals surface area contributed by atoms with E-state index in [1.165, 1.54) is 11.0 Å². The average molecular weight is 344 g/mol. The Morgan fingerprint density at radius 1 is 1.28 bits per heavy atom. The minimum atomic E-state index is -1.02. The van der Waals surface area contributed by atoms with E-state index in [0.29, 0.717) is 12.8 Å². The molecule has 0 radical (unpaired) electrons. The summed E-state index contributed by atoms with van der Waals surface area (Å²) in [7, 11) is 0. The Kier molecular flexibility index (Phi) is 5.20. The molecule has 1 spiro atoms. The summed E-state index contributed by atoms with van der Waals surface area (Å²) < 4.78 is 5.90. The maximum absolute atomic E-state index is 12.8. The molecule has 134 valence electrons. The van der Waals surface area contributed by atoms with Gasteiger partial charge < -0.3 is 14.7 Å². The van der Waals surface area contributed by atoms with Crippen LogP contribution in [-0.2, 0) is 14.3 Å². The summed E-state index contributed by atoms with van der Waals surface area (Å²) in [5.74, 6) is -1.32. The summed E-state index contributed by atoms with van der Waals surface area (Å²) >= 11 is 0. The minimum Gasteiger partial charge on any atom is -0.480 e. The first kappa shape index (κ1) is 17.6. The molecule has 2 heterocycles. The highest BCUT2D eigenvalue weighted by atomic mass is 16.5. The molecule has 0 aromatic heterocycles. The molecule has 1 aromatic rings. The van der Waals surface area contributed by atoms with Gasteiger partial charge in [-0.25, -0.2) is 4.79 Å². The number of carbonyl (C=O) groups excluding carboxylic acids is 1. The smallest absolute Gasteiger partial charge is 0.328 e. The van der Waals surface area contributed by atoms with Crippen LogP contribution in [0.4, 0.5) is 0 Å². The maximum Gasteiger partial charge on any atom is 0.328 e. The van der Waals surface area contributed by atoms with Gasteiger partial charge in [0.25, 0.3) is 0 Å². The van der Waals surface area contributed by atoms with Gasteiger partial charge in [-0.15, -0.1) is 0 Å². The molecule has 1 amide bonds. The number of likely N-dealkylation sites (tertiary alicyclic amines) is 1. The standard InChI is InChI=1S/C19H24N2O4/c1-2-20-12-10-19(11-13-20)21(16(14-25-19)18(23)24)17(22)9-8-15-6-4-3-5-7-15/h3-9,16H,2,10-14H2,1H3,(H,23,24)/b9-8-. The van der Waals surface area contributed by atoms with Crippen molar-refractivity contribution in [3.05, 3.63) is 42.0 Å². The van der Waals surface area contributed by atoms with Crippen molar-refractivity contribution in [2.75, 3.05) is 26.2 Å². The van der Waals surface area contributed by atoms with Crippen molar-refractivity contribution in [2.45, 2.75) is 31.5 Å². The lowest BCUT2D eigenvalue weighted by Crippen LogP contribution is -2.57. The number of piperidine rings is 1.